The highest BCUT2D eigenvalue weighted by molar-refractivity contribution is 7.89. The fourth-order valence-electron chi connectivity index (χ4n) is 6.57. The first-order chi connectivity index (χ1) is 15.8. The fourth-order valence-corrected chi connectivity index (χ4v) is 8.00. The zero-order valence-electron chi connectivity index (χ0n) is 19.0. The van der Waals surface area contributed by atoms with Gasteiger partial charge in [0.15, 0.2) is 0 Å². The summed E-state index contributed by atoms with van der Waals surface area (Å²) < 4.78 is 40.1. The van der Waals surface area contributed by atoms with Crippen molar-refractivity contribution in [3.63, 3.8) is 0 Å². The van der Waals surface area contributed by atoms with Gasteiger partial charge in [-0.3, -0.25) is 4.79 Å². The van der Waals surface area contributed by atoms with E-state index < -0.39 is 15.9 Å². The van der Waals surface area contributed by atoms with Gasteiger partial charge in [-0.15, -0.1) is 0 Å². The molecule has 4 aliphatic rings. The smallest absolute Gasteiger partial charge is 0.263 e. The van der Waals surface area contributed by atoms with Crippen LogP contribution in [-0.4, -0.2) is 34.1 Å². The van der Waals surface area contributed by atoms with Crippen molar-refractivity contribution in [1.82, 2.24) is 4.72 Å². The average Bonchev–Trinajstić information content (AvgIpc) is 2.77. The highest BCUT2D eigenvalue weighted by Crippen LogP contribution is 2.56. The number of nitrogens with one attached hydrogen (secondary N) is 2. The van der Waals surface area contributed by atoms with Crippen LogP contribution in [0.1, 0.15) is 48.9 Å². The van der Waals surface area contributed by atoms with Crippen molar-refractivity contribution >= 4 is 21.6 Å². The van der Waals surface area contributed by atoms with Gasteiger partial charge >= 0.3 is 0 Å². The van der Waals surface area contributed by atoms with Crippen LogP contribution in [0.4, 0.5) is 5.69 Å². The highest BCUT2D eigenvalue weighted by Gasteiger charge is 2.52. The molecule has 4 saturated carbocycles. The Bertz CT molecular complexity index is 1100. The van der Waals surface area contributed by atoms with E-state index in [0.717, 1.165) is 19.3 Å². The predicted molar refractivity (Wildman–Crippen MR) is 125 cm³/mol. The Labute approximate surface area is 194 Å². The Morgan fingerprint density at radius 1 is 0.879 bits per heavy atom. The molecule has 4 aliphatic carbocycles. The molecule has 4 bridgehead atoms. The van der Waals surface area contributed by atoms with Crippen LogP contribution in [0.3, 0.4) is 0 Å². The van der Waals surface area contributed by atoms with Crippen molar-refractivity contribution < 1.29 is 22.7 Å². The van der Waals surface area contributed by atoms with Crippen molar-refractivity contribution in [2.45, 2.75) is 49.0 Å². The summed E-state index contributed by atoms with van der Waals surface area (Å²) in [5, 5.41) is 2.80. The van der Waals surface area contributed by atoms with Crippen LogP contribution >= 0.6 is 0 Å². The van der Waals surface area contributed by atoms with E-state index in [2.05, 4.69) is 10.0 Å². The lowest BCUT2D eigenvalue weighted by atomic mass is 9.53. The molecule has 2 N–H and O–H groups in total. The largest absolute Gasteiger partial charge is 0.496 e. The van der Waals surface area contributed by atoms with Gasteiger partial charge in [-0.05, 0) is 92.7 Å². The quantitative estimate of drug-likeness (QED) is 0.633. The lowest BCUT2D eigenvalue weighted by Crippen LogP contribution is -2.59. The summed E-state index contributed by atoms with van der Waals surface area (Å²) in [4.78, 5) is 13.1. The van der Waals surface area contributed by atoms with E-state index in [1.54, 1.807) is 30.3 Å². The topological polar surface area (TPSA) is 93.7 Å². The van der Waals surface area contributed by atoms with Crippen LogP contribution in [0.25, 0.3) is 0 Å². The minimum atomic E-state index is -3.64. The Balaban J connectivity index is 1.31. The first-order valence-corrected chi connectivity index (χ1v) is 13.0. The maximum absolute atomic E-state index is 13.2. The summed E-state index contributed by atoms with van der Waals surface area (Å²) >= 11 is 0. The lowest BCUT2D eigenvalue weighted by Gasteiger charge is -2.56. The molecule has 8 heteroatoms. The molecule has 7 nitrogen and oxygen atoms in total. The maximum atomic E-state index is 13.2. The molecule has 0 atom stereocenters. The predicted octanol–water partition coefficient (Wildman–Crippen LogP) is 4.20. The molecule has 33 heavy (non-hydrogen) atoms. The molecule has 0 aromatic heterocycles. The number of carbonyl (C=O) groups excluding carboxylic acids is 1. The number of hydrogen-bond acceptors (Lipinski definition) is 5. The van der Waals surface area contributed by atoms with Crippen LogP contribution in [0, 0.1) is 17.8 Å². The van der Waals surface area contributed by atoms with Crippen molar-refractivity contribution in [2.75, 3.05) is 19.5 Å². The molecule has 4 fully saturated rings. The van der Waals surface area contributed by atoms with Crippen LogP contribution in [-0.2, 0) is 10.0 Å². The van der Waals surface area contributed by atoms with Gasteiger partial charge in [-0.25, -0.2) is 13.1 Å². The Morgan fingerprint density at radius 2 is 1.39 bits per heavy atom. The van der Waals surface area contributed by atoms with Gasteiger partial charge in [-0.2, -0.15) is 0 Å². The van der Waals surface area contributed by atoms with Gasteiger partial charge < -0.3 is 14.8 Å². The molecule has 0 heterocycles. The summed E-state index contributed by atoms with van der Waals surface area (Å²) in [6.07, 6.45) is 6.62. The van der Waals surface area contributed by atoms with E-state index in [4.69, 9.17) is 9.47 Å². The average molecular weight is 471 g/mol. The van der Waals surface area contributed by atoms with Crippen LogP contribution in [0.2, 0.25) is 0 Å². The number of amides is 1. The third kappa shape index (κ3) is 4.22. The van der Waals surface area contributed by atoms with Crippen molar-refractivity contribution in [3.05, 3.63) is 48.0 Å². The number of anilines is 1. The van der Waals surface area contributed by atoms with Crippen LogP contribution in [0.5, 0.6) is 11.5 Å². The van der Waals surface area contributed by atoms with Crippen molar-refractivity contribution in [2.24, 2.45) is 17.8 Å². The SMILES string of the molecule is COc1cccc(OC)c1C(=O)Nc1ccc(S(=O)(=O)NC23CC4CC(CC(C4)C2)C3)cc1. The number of ether oxygens (including phenoxy) is 2. The van der Waals surface area contributed by atoms with Crippen LogP contribution < -0.4 is 19.5 Å². The molecule has 0 spiro atoms. The maximum Gasteiger partial charge on any atom is 0.263 e. The summed E-state index contributed by atoms with van der Waals surface area (Å²) in [5.41, 5.74) is 0.477. The molecule has 0 aliphatic heterocycles. The standard InChI is InChI=1S/C25H30N2O5S/c1-31-21-4-3-5-22(32-2)23(21)24(28)26-19-6-8-20(9-7-19)33(29,30)27-25-13-16-10-17(14-25)12-18(11-16)15-25/h3-9,16-18,27H,10-15H2,1-2H3,(H,26,28). The monoisotopic (exact) mass is 470 g/mol. The molecule has 0 unspecified atom stereocenters. The van der Waals surface area contributed by atoms with Gasteiger partial charge in [0.25, 0.3) is 5.91 Å². The first-order valence-electron chi connectivity index (χ1n) is 11.5. The third-order valence-electron chi connectivity index (χ3n) is 7.47. The third-order valence-corrected chi connectivity index (χ3v) is 9.06. The first kappa shape index (κ1) is 22.2. The second kappa shape index (κ2) is 8.33. The Morgan fingerprint density at radius 3 is 1.88 bits per heavy atom. The van der Waals surface area contributed by atoms with Gasteiger partial charge in [0.2, 0.25) is 10.0 Å². The molecule has 176 valence electrons. The molecular formula is C25H30N2O5S. The molecule has 6 rings (SSSR count). The number of sulfonamides is 1. The van der Waals surface area contributed by atoms with Gasteiger partial charge in [0, 0.05) is 11.2 Å². The number of methoxy groups -OCH3 is 2. The Kier molecular flexibility index (Phi) is 5.61. The van der Waals surface area contributed by atoms with Gasteiger partial charge in [-0.1, -0.05) is 6.07 Å². The summed E-state index contributed by atoms with van der Waals surface area (Å²) in [6, 6.07) is 11.4. The fraction of sp³-hybridized carbons (Fsp3) is 0.480. The normalized spacial score (nSPS) is 27.9. The summed E-state index contributed by atoms with van der Waals surface area (Å²) in [5.74, 6) is 2.36. The van der Waals surface area contributed by atoms with Gasteiger partial charge in [0.05, 0.1) is 19.1 Å². The Hall–Kier alpha value is -2.58. The zero-order chi connectivity index (χ0) is 23.2. The minimum absolute atomic E-state index is 0.214. The summed E-state index contributed by atoms with van der Waals surface area (Å²) in [6.45, 7) is 0. The molecule has 2 aromatic carbocycles. The lowest BCUT2D eigenvalue weighted by molar-refractivity contribution is -0.00810. The van der Waals surface area contributed by atoms with E-state index >= 15 is 0 Å². The summed E-state index contributed by atoms with van der Waals surface area (Å²) in [7, 11) is -0.668. The second-order valence-electron chi connectivity index (χ2n) is 9.82. The number of rotatable bonds is 7. The second-order valence-corrected chi connectivity index (χ2v) is 11.5. The molecular weight excluding hydrogens is 440 g/mol. The van der Waals surface area contributed by atoms with E-state index in [-0.39, 0.29) is 16.0 Å². The number of hydrogen-bond donors (Lipinski definition) is 2. The van der Waals surface area contributed by atoms with Crippen molar-refractivity contribution in [1.29, 1.82) is 0 Å². The number of benzene rings is 2. The zero-order valence-corrected chi connectivity index (χ0v) is 19.8. The number of carbonyl (C=O) groups is 1. The molecule has 0 radical (unpaired) electrons. The van der Waals surface area contributed by atoms with E-state index in [0.29, 0.717) is 34.9 Å². The van der Waals surface area contributed by atoms with Gasteiger partial charge in [0.1, 0.15) is 17.1 Å². The van der Waals surface area contributed by atoms with Crippen LogP contribution in [0.15, 0.2) is 47.4 Å². The molecule has 2 aromatic rings. The highest BCUT2D eigenvalue weighted by atomic mass is 32.2. The molecule has 1 amide bonds. The van der Waals surface area contributed by atoms with E-state index in [9.17, 15) is 13.2 Å². The van der Waals surface area contributed by atoms with Crippen molar-refractivity contribution in [3.8, 4) is 11.5 Å². The molecule has 0 saturated heterocycles. The van der Waals surface area contributed by atoms with E-state index in [1.807, 2.05) is 0 Å². The minimum Gasteiger partial charge on any atom is -0.496 e. The van der Waals surface area contributed by atoms with E-state index in [1.165, 1.54) is 45.6 Å².